The molecule has 3 rings (SSSR count). The fourth-order valence-electron chi connectivity index (χ4n) is 2.30. The molecule has 1 aliphatic rings. The minimum Gasteiger partial charge on any atom is -0.399 e. The van der Waals surface area contributed by atoms with Crippen molar-refractivity contribution in [1.29, 1.82) is 0 Å². The van der Waals surface area contributed by atoms with Gasteiger partial charge in [0.1, 0.15) is 5.52 Å². The first-order chi connectivity index (χ1) is 9.69. The van der Waals surface area contributed by atoms with Crippen LogP contribution in [0.15, 0.2) is 28.9 Å². The molecule has 0 aliphatic carbocycles. The first kappa shape index (κ1) is 14.9. The van der Waals surface area contributed by atoms with Crippen molar-refractivity contribution in [3.8, 4) is 0 Å². The summed E-state index contributed by atoms with van der Waals surface area (Å²) < 4.78 is 26.5. The third-order valence-corrected chi connectivity index (χ3v) is 4.71. The zero-order valence-electron chi connectivity index (χ0n) is 12.4. The van der Waals surface area contributed by atoms with Crippen LogP contribution in [0, 0.1) is 5.82 Å². The Balaban J connectivity index is 2.03. The Labute approximate surface area is 132 Å². The average molecular weight is 352 g/mol. The lowest BCUT2D eigenvalue weighted by atomic mass is 9.80. The van der Waals surface area contributed by atoms with Crippen LogP contribution in [0.25, 0.3) is 10.9 Å². The Bertz CT molecular complexity index is 704. The van der Waals surface area contributed by atoms with Gasteiger partial charge in [-0.3, -0.25) is 4.98 Å². The molecule has 0 amide bonds. The Morgan fingerprint density at radius 1 is 1.10 bits per heavy atom. The molecule has 2 heterocycles. The molecule has 1 aromatic carbocycles. The normalized spacial score (nSPS) is 20.2. The Morgan fingerprint density at radius 2 is 1.71 bits per heavy atom. The lowest BCUT2D eigenvalue weighted by Gasteiger charge is -2.32. The van der Waals surface area contributed by atoms with Crippen molar-refractivity contribution in [1.82, 2.24) is 4.98 Å². The number of hydrogen-bond acceptors (Lipinski definition) is 3. The highest BCUT2D eigenvalue weighted by Gasteiger charge is 2.51. The van der Waals surface area contributed by atoms with Crippen LogP contribution in [0.2, 0.25) is 0 Å². The number of fused-ring (bicyclic) bond motifs is 1. The number of benzene rings is 1. The van der Waals surface area contributed by atoms with E-state index in [2.05, 4.69) is 20.9 Å². The van der Waals surface area contributed by atoms with Gasteiger partial charge in [-0.25, -0.2) is 4.39 Å². The van der Waals surface area contributed by atoms with E-state index in [0.29, 0.717) is 15.4 Å². The quantitative estimate of drug-likeness (QED) is 0.737. The summed E-state index contributed by atoms with van der Waals surface area (Å²) in [6, 6.07) is 5.10. The molecule has 0 saturated carbocycles. The topological polar surface area (TPSA) is 31.4 Å². The van der Waals surface area contributed by atoms with Gasteiger partial charge in [0.15, 0.2) is 5.82 Å². The van der Waals surface area contributed by atoms with Gasteiger partial charge in [0.05, 0.1) is 11.2 Å². The molecule has 1 aromatic heterocycles. The third kappa shape index (κ3) is 2.49. The van der Waals surface area contributed by atoms with E-state index in [9.17, 15) is 4.39 Å². The minimum absolute atomic E-state index is 0.346. The van der Waals surface area contributed by atoms with Crippen molar-refractivity contribution in [3.63, 3.8) is 0 Å². The monoisotopic (exact) mass is 351 g/mol. The van der Waals surface area contributed by atoms with Gasteiger partial charge < -0.3 is 9.31 Å². The second-order valence-corrected chi connectivity index (χ2v) is 7.23. The van der Waals surface area contributed by atoms with E-state index in [1.807, 2.05) is 39.8 Å². The van der Waals surface area contributed by atoms with Crippen molar-refractivity contribution in [2.24, 2.45) is 0 Å². The van der Waals surface area contributed by atoms with Crippen LogP contribution < -0.4 is 5.46 Å². The van der Waals surface area contributed by atoms with Crippen LogP contribution >= 0.6 is 15.9 Å². The molecule has 6 heteroatoms. The molecule has 0 radical (unpaired) electrons. The first-order valence-electron chi connectivity index (χ1n) is 6.80. The standard InChI is InChI=1S/C15H16BBrFNO2/c1-14(2)15(3,4)21-16(20-14)10-5-9-6-11(17)7-12(18)13(9)19-8-10/h5-8H,1-4H3. The van der Waals surface area contributed by atoms with Gasteiger partial charge in [-0.15, -0.1) is 0 Å². The van der Waals surface area contributed by atoms with E-state index < -0.39 is 18.3 Å². The highest BCUT2D eigenvalue weighted by molar-refractivity contribution is 9.10. The molecule has 0 N–H and O–H groups in total. The maximum Gasteiger partial charge on any atom is 0.496 e. The van der Waals surface area contributed by atoms with Crippen LogP contribution in [0.4, 0.5) is 4.39 Å². The van der Waals surface area contributed by atoms with Crippen LogP contribution in [0.1, 0.15) is 27.7 Å². The SMILES string of the molecule is CC1(C)OB(c2cnc3c(F)cc(Br)cc3c2)OC1(C)C. The van der Waals surface area contributed by atoms with Gasteiger partial charge in [0.2, 0.25) is 0 Å². The molecule has 110 valence electrons. The molecule has 1 saturated heterocycles. The molecule has 0 atom stereocenters. The largest absolute Gasteiger partial charge is 0.496 e. The van der Waals surface area contributed by atoms with Crippen LogP contribution in [0.3, 0.4) is 0 Å². The lowest BCUT2D eigenvalue weighted by molar-refractivity contribution is 0.00578. The van der Waals surface area contributed by atoms with Gasteiger partial charge in [0.25, 0.3) is 0 Å². The number of aromatic nitrogens is 1. The summed E-state index contributed by atoms with van der Waals surface area (Å²) in [6.07, 6.45) is 1.61. The average Bonchev–Trinajstić information content (AvgIpc) is 2.57. The first-order valence-corrected chi connectivity index (χ1v) is 7.59. The highest BCUT2D eigenvalue weighted by atomic mass is 79.9. The molecule has 0 bridgehead atoms. The second-order valence-electron chi connectivity index (χ2n) is 6.32. The van der Waals surface area contributed by atoms with Crippen LogP contribution in [0.5, 0.6) is 0 Å². The molecule has 0 unspecified atom stereocenters. The number of nitrogens with zero attached hydrogens (tertiary/aromatic N) is 1. The zero-order chi connectivity index (χ0) is 15.4. The highest BCUT2D eigenvalue weighted by Crippen LogP contribution is 2.36. The maximum atomic E-state index is 13.8. The van der Waals surface area contributed by atoms with Crippen molar-refractivity contribution >= 4 is 39.4 Å². The fourth-order valence-corrected chi connectivity index (χ4v) is 2.74. The van der Waals surface area contributed by atoms with Gasteiger partial charge in [-0.2, -0.15) is 0 Å². The fraction of sp³-hybridized carbons (Fsp3) is 0.400. The van der Waals surface area contributed by atoms with Gasteiger partial charge in [-0.1, -0.05) is 22.0 Å². The minimum atomic E-state index is -0.492. The summed E-state index contributed by atoms with van der Waals surface area (Å²) in [6.45, 7) is 7.99. The third-order valence-electron chi connectivity index (χ3n) is 4.25. The van der Waals surface area contributed by atoms with Crippen molar-refractivity contribution in [2.75, 3.05) is 0 Å². The molecule has 0 spiro atoms. The van der Waals surface area contributed by atoms with E-state index in [1.165, 1.54) is 6.07 Å². The van der Waals surface area contributed by atoms with Crippen molar-refractivity contribution in [3.05, 3.63) is 34.7 Å². The van der Waals surface area contributed by atoms with E-state index in [4.69, 9.17) is 9.31 Å². The predicted molar refractivity (Wildman–Crippen MR) is 85.1 cm³/mol. The van der Waals surface area contributed by atoms with E-state index in [-0.39, 0.29) is 5.82 Å². The predicted octanol–water partition coefficient (Wildman–Crippen LogP) is 3.44. The summed E-state index contributed by atoms with van der Waals surface area (Å²) in [5.41, 5.74) is 0.321. The van der Waals surface area contributed by atoms with Gasteiger partial charge in [0, 0.05) is 21.5 Å². The number of hydrogen-bond donors (Lipinski definition) is 0. The molecule has 3 nitrogen and oxygen atoms in total. The Hall–Kier alpha value is -0.975. The van der Waals surface area contributed by atoms with E-state index in [1.54, 1.807) is 6.20 Å². The molecular weight excluding hydrogens is 336 g/mol. The van der Waals surface area contributed by atoms with Crippen molar-refractivity contribution < 1.29 is 13.7 Å². The van der Waals surface area contributed by atoms with Crippen molar-refractivity contribution in [2.45, 2.75) is 38.9 Å². The summed E-state index contributed by atoms with van der Waals surface area (Å²) in [5, 5.41) is 0.717. The molecule has 1 fully saturated rings. The zero-order valence-corrected chi connectivity index (χ0v) is 14.0. The van der Waals surface area contributed by atoms with E-state index in [0.717, 1.165) is 5.46 Å². The van der Waals surface area contributed by atoms with Gasteiger partial charge >= 0.3 is 7.12 Å². The lowest BCUT2D eigenvalue weighted by Crippen LogP contribution is -2.41. The van der Waals surface area contributed by atoms with Gasteiger partial charge in [-0.05, 0) is 39.8 Å². The molecule has 1 aliphatic heterocycles. The van der Waals surface area contributed by atoms with Crippen LogP contribution in [-0.4, -0.2) is 23.3 Å². The second kappa shape index (κ2) is 4.76. The number of halogens is 2. The Morgan fingerprint density at radius 3 is 2.33 bits per heavy atom. The summed E-state index contributed by atoms with van der Waals surface area (Å²) in [4.78, 5) is 4.21. The number of rotatable bonds is 1. The Kier molecular flexibility index (Phi) is 3.39. The summed E-state index contributed by atoms with van der Waals surface area (Å²) in [5.74, 6) is -0.347. The summed E-state index contributed by atoms with van der Waals surface area (Å²) >= 11 is 3.30. The number of pyridine rings is 1. The summed E-state index contributed by atoms with van der Waals surface area (Å²) in [7, 11) is -0.492. The van der Waals surface area contributed by atoms with Crippen LogP contribution in [-0.2, 0) is 9.31 Å². The van der Waals surface area contributed by atoms with E-state index >= 15 is 0 Å². The smallest absolute Gasteiger partial charge is 0.399 e. The molecular formula is C15H16BBrFNO2. The maximum absolute atomic E-state index is 13.8. The molecule has 2 aromatic rings. The molecule has 21 heavy (non-hydrogen) atoms.